The molecule has 1 saturated carbocycles. The maximum absolute atomic E-state index is 2.39. The van der Waals surface area contributed by atoms with Crippen molar-refractivity contribution in [1.82, 2.24) is 0 Å². The fourth-order valence-electron chi connectivity index (χ4n) is 0.898. The van der Waals surface area contributed by atoms with Crippen LogP contribution in [-0.4, -0.2) is 23.1 Å². The van der Waals surface area contributed by atoms with Gasteiger partial charge in [0.2, 0.25) is 0 Å². The molecule has 1 aliphatic carbocycles. The van der Waals surface area contributed by atoms with E-state index >= 15 is 0 Å². The van der Waals surface area contributed by atoms with Gasteiger partial charge in [-0.3, -0.25) is 0 Å². The summed E-state index contributed by atoms with van der Waals surface area (Å²) in [5.41, 5.74) is 0. The van der Waals surface area contributed by atoms with Gasteiger partial charge in [0.25, 0.3) is 0 Å². The van der Waals surface area contributed by atoms with Crippen LogP contribution in [0.1, 0.15) is 46.0 Å². The van der Waals surface area contributed by atoms with Gasteiger partial charge < -0.3 is 12.8 Å². The molecule has 0 spiro atoms. The summed E-state index contributed by atoms with van der Waals surface area (Å²) < 4.78 is 0. The zero-order valence-electron chi connectivity index (χ0n) is 7.40. The van der Waals surface area contributed by atoms with Gasteiger partial charge in [-0.05, 0) is 0 Å². The molecule has 0 saturated heterocycles. The van der Waals surface area contributed by atoms with Gasteiger partial charge in [-0.15, -0.1) is 0 Å². The Morgan fingerprint density at radius 1 is 1.00 bits per heavy atom. The van der Waals surface area contributed by atoms with E-state index in [1.807, 2.05) is 20.3 Å². The van der Waals surface area contributed by atoms with E-state index in [0.717, 1.165) is 0 Å². The molecule has 0 nitrogen and oxygen atoms in total. The van der Waals surface area contributed by atoms with E-state index in [1.54, 1.807) is 0 Å². The molecule has 0 aromatic heterocycles. The van der Waals surface area contributed by atoms with Gasteiger partial charge in [0.15, 0.2) is 0 Å². The Labute approximate surface area is 81.9 Å². The molecule has 0 heterocycles. The van der Waals surface area contributed by atoms with Crippen LogP contribution in [-0.2, 0) is 0 Å². The second-order valence-corrected chi connectivity index (χ2v) is 2.50. The number of rotatable bonds is 0. The van der Waals surface area contributed by atoms with Gasteiger partial charge in [0.05, 0.1) is 0 Å². The van der Waals surface area contributed by atoms with Crippen LogP contribution >= 0.6 is 0 Å². The van der Waals surface area contributed by atoms with Gasteiger partial charge in [0, 0.05) is 0 Å². The van der Waals surface area contributed by atoms with E-state index in [9.17, 15) is 0 Å². The number of hydrogen-bond acceptors (Lipinski definition) is 0. The van der Waals surface area contributed by atoms with Crippen molar-refractivity contribution in [2.24, 2.45) is 0 Å². The van der Waals surface area contributed by atoms with Gasteiger partial charge in [-0.1, -0.05) is 19.3 Å². The van der Waals surface area contributed by atoms with Crippen LogP contribution < -0.4 is 0 Å². The van der Waals surface area contributed by atoms with Crippen molar-refractivity contribution < 1.29 is 0 Å². The first-order chi connectivity index (χ1) is 4.41. The fourth-order valence-corrected chi connectivity index (χ4v) is 0.898. The minimum Gasteiger partial charge on any atom is -0.335 e. The summed E-state index contributed by atoms with van der Waals surface area (Å²) in [6.07, 6.45) is 11.5. The van der Waals surface area contributed by atoms with E-state index in [-0.39, 0.29) is 23.1 Å². The molecule has 10 heavy (non-hydrogen) atoms. The first-order valence-electron chi connectivity index (χ1n) is 3.97. The fraction of sp³-hybridized carbons (Fsp3) is 0.778. The quantitative estimate of drug-likeness (QED) is 0.368. The van der Waals surface area contributed by atoms with Crippen molar-refractivity contribution in [2.75, 3.05) is 0 Å². The Balaban J connectivity index is 0. The maximum atomic E-state index is 2.39. The molecular formula is C9H18Mg. The van der Waals surface area contributed by atoms with Crippen LogP contribution in [0.2, 0.25) is 0 Å². The maximum Gasteiger partial charge on any atom is 2.00 e. The molecule has 56 valence electrons. The molecule has 0 N–H and O–H groups in total. The minimum atomic E-state index is 0. The van der Waals surface area contributed by atoms with Crippen LogP contribution in [0.3, 0.4) is 0 Å². The summed E-state index contributed by atoms with van der Waals surface area (Å²) in [5, 5.41) is 0. The van der Waals surface area contributed by atoms with Crippen LogP contribution in [0.4, 0.5) is 0 Å². The SMILES string of the molecule is C[CH-]C.[CH-]1CCCCC1.[Mg+2]. The second-order valence-electron chi connectivity index (χ2n) is 2.50. The summed E-state index contributed by atoms with van der Waals surface area (Å²) in [4.78, 5) is 0. The molecule has 0 aromatic rings. The van der Waals surface area contributed by atoms with E-state index < -0.39 is 0 Å². The van der Waals surface area contributed by atoms with Crippen molar-refractivity contribution in [2.45, 2.75) is 46.0 Å². The summed E-state index contributed by atoms with van der Waals surface area (Å²) in [5.74, 6) is 0. The van der Waals surface area contributed by atoms with Gasteiger partial charge >= 0.3 is 23.1 Å². The molecule has 0 atom stereocenters. The largest absolute Gasteiger partial charge is 2.00 e. The molecular weight excluding hydrogens is 132 g/mol. The normalized spacial score (nSPS) is 16.2. The molecule has 1 fully saturated rings. The van der Waals surface area contributed by atoms with Crippen molar-refractivity contribution in [3.63, 3.8) is 0 Å². The summed E-state index contributed by atoms with van der Waals surface area (Å²) in [6, 6.07) is 0. The van der Waals surface area contributed by atoms with Gasteiger partial charge in [-0.2, -0.15) is 26.7 Å². The van der Waals surface area contributed by atoms with Crippen LogP contribution in [0.5, 0.6) is 0 Å². The zero-order valence-corrected chi connectivity index (χ0v) is 8.81. The Hall–Kier alpha value is 0.766. The first kappa shape index (κ1) is 13.4. The van der Waals surface area contributed by atoms with E-state index in [2.05, 4.69) is 6.42 Å². The first-order valence-corrected chi connectivity index (χ1v) is 3.97. The standard InChI is InChI=1S/C6H11.C3H7.Mg/c1-2-4-6-5-3-1;1-3-2;/h1H,2-6H2;3H,1-2H3;/q2*-1;+2. The van der Waals surface area contributed by atoms with Crippen molar-refractivity contribution in [3.8, 4) is 0 Å². The van der Waals surface area contributed by atoms with E-state index in [4.69, 9.17) is 0 Å². The Kier molecular flexibility index (Phi) is 16.6. The average Bonchev–Trinajstić information content (AvgIpc) is 1.93. The molecule has 0 bridgehead atoms. The van der Waals surface area contributed by atoms with Gasteiger partial charge in [-0.25, -0.2) is 0 Å². The van der Waals surface area contributed by atoms with Crippen LogP contribution in [0.15, 0.2) is 0 Å². The third-order valence-electron chi connectivity index (χ3n) is 1.32. The summed E-state index contributed by atoms with van der Waals surface area (Å²) >= 11 is 0. The van der Waals surface area contributed by atoms with Crippen molar-refractivity contribution >= 4 is 23.1 Å². The molecule has 0 aliphatic heterocycles. The molecule has 1 aliphatic rings. The predicted molar refractivity (Wildman–Crippen MR) is 48.8 cm³/mol. The Morgan fingerprint density at radius 3 is 1.50 bits per heavy atom. The van der Waals surface area contributed by atoms with Gasteiger partial charge in [0.1, 0.15) is 0 Å². The molecule has 0 radical (unpaired) electrons. The van der Waals surface area contributed by atoms with E-state index in [0.29, 0.717) is 0 Å². The van der Waals surface area contributed by atoms with Crippen LogP contribution in [0.25, 0.3) is 0 Å². The summed E-state index contributed by atoms with van der Waals surface area (Å²) in [6.45, 7) is 4.00. The minimum absolute atomic E-state index is 0. The molecule has 1 rings (SSSR count). The molecule has 0 amide bonds. The Morgan fingerprint density at radius 2 is 1.40 bits per heavy atom. The molecule has 1 heteroatoms. The van der Waals surface area contributed by atoms with Crippen molar-refractivity contribution in [3.05, 3.63) is 12.8 Å². The number of hydrogen-bond donors (Lipinski definition) is 0. The second kappa shape index (κ2) is 12.4. The zero-order chi connectivity index (χ0) is 6.95. The van der Waals surface area contributed by atoms with Crippen LogP contribution in [0, 0.1) is 12.8 Å². The third kappa shape index (κ3) is 11.5. The van der Waals surface area contributed by atoms with E-state index in [1.165, 1.54) is 32.1 Å². The monoisotopic (exact) mass is 150 g/mol. The Bertz CT molecular complexity index is 28.5. The molecule has 0 aromatic carbocycles. The third-order valence-corrected chi connectivity index (χ3v) is 1.32. The summed E-state index contributed by atoms with van der Waals surface area (Å²) in [7, 11) is 0. The predicted octanol–water partition coefficient (Wildman–Crippen LogP) is 3.00. The topological polar surface area (TPSA) is 0 Å². The molecule has 0 unspecified atom stereocenters. The average molecular weight is 151 g/mol. The van der Waals surface area contributed by atoms with Crippen molar-refractivity contribution in [1.29, 1.82) is 0 Å². The smallest absolute Gasteiger partial charge is 0.335 e.